The van der Waals surface area contributed by atoms with E-state index >= 15 is 0 Å². The minimum Gasteiger partial charge on any atom is -0.459 e. The number of thiazole rings is 1. The van der Waals surface area contributed by atoms with Gasteiger partial charge >= 0.3 is 5.97 Å². The largest absolute Gasteiger partial charge is 0.459 e. The molecule has 114 valence electrons. The molecule has 2 aromatic heterocycles. The summed E-state index contributed by atoms with van der Waals surface area (Å²) in [5.41, 5.74) is 0.331. The van der Waals surface area contributed by atoms with E-state index in [0.717, 1.165) is 5.01 Å². The SMILES string of the molecule is COCc1nc(C)c(C(=O)OCC(C)(C)n2ccnc2)s1. The van der Waals surface area contributed by atoms with Crippen LogP contribution < -0.4 is 0 Å². The highest BCUT2D eigenvalue weighted by atomic mass is 32.1. The van der Waals surface area contributed by atoms with E-state index < -0.39 is 0 Å². The van der Waals surface area contributed by atoms with E-state index in [4.69, 9.17) is 9.47 Å². The zero-order valence-corrected chi connectivity index (χ0v) is 13.4. The van der Waals surface area contributed by atoms with Crippen LogP contribution in [0.15, 0.2) is 18.7 Å². The number of carbonyl (C=O) groups excluding carboxylic acids is 1. The average Bonchev–Trinajstić information content (AvgIpc) is 3.06. The van der Waals surface area contributed by atoms with Crippen molar-refractivity contribution in [2.45, 2.75) is 32.9 Å². The third kappa shape index (κ3) is 3.68. The number of methoxy groups -OCH3 is 1. The van der Waals surface area contributed by atoms with E-state index in [0.29, 0.717) is 17.2 Å². The van der Waals surface area contributed by atoms with Gasteiger partial charge in [0.25, 0.3) is 0 Å². The number of aryl methyl sites for hydroxylation is 1. The van der Waals surface area contributed by atoms with Gasteiger partial charge in [-0.25, -0.2) is 14.8 Å². The topological polar surface area (TPSA) is 66.2 Å². The Bertz CT molecular complexity index is 605. The molecule has 6 nitrogen and oxygen atoms in total. The molecule has 0 amide bonds. The van der Waals surface area contributed by atoms with Crippen molar-refractivity contribution >= 4 is 17.3 Å². The van der Waals surface area contributed by atoms with Crippen LogP contribution in [-0.2, 0) is 21.6 Å². The van der Waals surface area contributed by atoms with Gasteiger partial charge in [0.05, 0.1) is 24.2 Å². The van der Waals surface area contributed by atoms with Crippen LogP contribution in [0.4, 0.5) is 0 Å². The summed E-state index contributed by atoms with van der Waals surface area (Å²) in [5.74, 6) is -0.347. The lowest BCUT2D eigenvalue weighted by atomic mass is 10.1. The van der Waals surface area contributed by atoms with Crippen molar-refractivity contribution in [3.63, 3.8) is 0 Å². The molecule has 0 spiro atoms. The maximum absolute atomic E-state index is 12.2. The van der Waals surface area contributed by atoms with Gasteiger partial charge in [-0.3, -0.25) is 0 Å². The van der Waals surface area contributed by atoms with E-state index in [9.17, 15) is 4.79 Å². The summed E-state index contributed by atoms with van der Waals surface area (Å²) in [6.45, 7) is 6.43. The monoisotopic (exact) mass is 309 g/mol. The van der Waals surface area contributed by atoms with Crippen LogP contribution in [0.2, 0.25) is 0 Å². The number of imidazole rings is 1. The fourth-order valence-electron chi connectivity index (χ4n) is 1.83. The number of hydrogen-bond acceptors (Lipinski definition) is 6. The molecular formula is C14H19N3O3S. The van der Waals surface area contributed by atoms with Gasteiger partial charge in [-0.15, -0.1) is 11.3 Å². The standard InChI is InChI=1S/C14H19N3O3S/c1-10-12(21-11(16-10)7-19-4)13(18)20-8-14(2,3)17-6-5-15-9-17/h5-6,9H,7-8H2,1-4H3. The molecule has 0 bridgehead atoms. The van der Waals surface area contributed by atoms with Crippen molar-refractivity contribution in [2.24, 2.45) is 0 Å². The molecule has 0 aliphatic rings. The molecule has 0 N–H and O–H groups in total. The van der Waals surface area contributed by atoms with Gasteiger partial charge in [0, 0.05) is 19.5 Å². The van der Waals surface area contributed by atoms with Crippen molar-refractivity contribution < 1.29 is 14.3 Å². The second-order valence-corrected chi connectivity index (χ2v) is 6.40. The van der Waals surface area contributed by atoms with Gasteiger partial charge in [-0.2, -0.15) is 0 Å². The molecule has 0 radical (unpaired) electrons. The van der Waals surface area contributed by atoms with E-state index in [1.165, 1.54) is 11.3 Å². The molecule has 2 aromatic rings. The highest BCUT2D eigenvalue weighted by Crippen LogP contribution is 2.21. The molecular weight excluding hydrogens is 290 g/mol. The highest BCUT2D eigenvalue weighted by molar-refractivity contribution is 7.13. The van der Waals surface area contributed by atoms with Gasteiger partial charge in [0.2, 0.25) is 0 Å². The van der Waals surface area contributed by atoms with E-state index in [2.05, 4.69) is 9.97 Å². The molecule has 2 heterocycles. The Morgan fingerprint density at radius 1 is 1.48 bits per heavy atom. The van der Waals surface area contributed by atoms with Gasteiger partial charge in [0.15, 0.2) is 0 Å². The van der Waals surface area contributed by atoms with Crippen molar-refractivity contribution in [1.29, 1.82) is 0 Å². The Balaban J connectivity index is 2.02. The highest BCUT2D eigenvalue weighted by Gasteiger charge is 2.24. The van der Waals surface area contributed by atoms with Crippen molar-refractivity contribution in [1.82, 2.24) is 14.5 Å². The molecule has 0 saturated carbocycles. The summed E-state index contributed by atoms with van der Waals surface area (Å²) in [7, 11) is 1.60. The zero-order valence-electron chi connectivity index (χ0n) is 12.6. The first kappa shape index (κ1) is 15.7. The van der Waals surface area contributed by atoms with Crippen LogP contribution >= 0.6 is 11.3 Å². The Kier molecular flexibility index (Phi) is 4.74. The Morgan fingerprint density at radius 3 is 2.86 bits per heavy atom. The first-order valence-electron chi connectivity index (χ1n) is 6.55. The molecule has 0 unspecified atom stereocenters. The van der Waals surface area contributed by atoms with E-state index in [1.807, 2.05) is 24.6 Å². The van der Waals surface area contributed by atoms with Gasteiger partial charge < -0.3 is 14.0 Å². The molecule has 0 fully saturated rings. The van der Waals surface area contributed by atoms with Crippen LogP contribution in [0, 0.1) is 6.92 Å². The fraction of sp³-hybridized carbons (Fsp3) is 0.500. The third-order valence-electron chi connectivity index (χ3n) is 3.05. The fourth-order valence-corrected chi connectivity index (χ4v) is 2.76. The van der Waals surface area contributed by atoms with Crippen LogP contribution in [0.3, 0.4) is 0 Å². The van der Waals surface area contributed by atoms with Crippen LogP contribution in [0.25, 0.3) is 0 Å². The smallest absolute Gasteiger partial charge is 0.350 e. The normalized spacial score (nSPS) is 11.6. The molecule has 2 rings (SSSR count). The number of esters is 1. The van der Waals surface area contributed by atoms with Crippen LogP contribution in [0.1, 0.15) is 34.2 Å². The van der Waals surface area contributed by atoms with Gasteiger partial charge in [-0.1, -0.05) is 0 Å². The summed E-state index contributed by atoms with van der Waals surface area (Å²) in [6, 6.07) is 0. The van der Waals surface area contributed by atoms with Crippen LogP contribution in [0.5, 0.6) is 0 Å². The molecule has 0 aliphatic carbocycles. The summed E-state index contributed by atoms with van der Waals surface area (Å²) in [4.78, 5) is 21.0. The summed E-state index contributed by atoms with van der Waals surface area (Å²) >= 11 is 1.31. The average molecular weight is 309 g/mol. The summed E-state index contributed by atoms with van der Waals surface area (Å²) in [5, 5.41) is 0.774. The molecule has 21 heavy (non-hydrogen) atoms. The predicted molar refractivity (Wildman–Crippen MR) is 79.4 cm³/mol. The van der Waals surface area contributed by atoms with E-state index in [1.54, 1.807) is 26.6 Å². The third-order valence-corrected chi connectivity index (χ3v) is 4.16. The first-order valence-corrected chi connectivity index (χ1v) is 7.36. The minimum atomic E-state index is -0.347. The Hall–Kier alpha value is -1.73. The van der Waals surface area contributed by atoms with Crippen molar-refractivity contribution in [2.75, 3.05) is 13.7 Å². The Labute approximate surface area is 127 Å². The maximum atomic E-state index is 12.2. The first-order chi connectivity index (χ1) is 9.94. The lowest BCUT2D eigenvalue weighted by molar-refractivity contribution is 0.0362. The number of aromatic nitrogens is 3. The Morgan fingerprint density at radius 2 is 2.24 bits per heavy atom. The predicted octanol–water partition coefficient (Wildman–Crippen LogP) is 2.39. The van der Waals surface area contributed by atoms with Crippen LogP contribution in [-0.4, -0.2) is 34.2 Å². The molecule has 0 aliphatic heterocycles. The van der Waals surface area contributed by atoms with Crippen molar-refractivity contribution in [3.05, 3.63) is 34.3 Å². The lowest BCUT2D eigenvalue weighted by Crippen LogP contribution is -2.32. The number of hydrogen-bond donors (Lipinski definition) is 0. The molecule has 7 heteroatoms. The maximum Gasteiger partial charge on any atom is 0.350 e. The van der Waals surface area contributed by atoms with Crippen molar-refractivity contribution in [3.8, 4) is 0 Å². The molecule has 0 atom stereocenters. The molecule has 0 aromatic carbocycles. The summed E-state index contributed by atoms with van der Waals surface area (Å²) in [6.07, 6.45) is 5.26. The lowest BCUT2D eigenvalue weighted by Gasteiger charge is -2.25. The number of nitrogens with zero attached hydrogens (tertiary/aromatic N) is 3. The molecule has 0 saturated heterocycles. The van der Waals surface area contributed by atoms with Gasteiger partial charge in [0.1, 0.15) is 16.5 Å². The number of ether oxygens (including phenoxy) is 2. The van der Waals surface area contributed by atoms with Gasteiger partial charge in [-0.05, 0) is 20.8 Å². The zero-order chi connectivity index (χ0) is 15.5. The van der Waals surface area contributed by atoms with E-state index in [-0.39, 0.29) is 18.1 Å². The second kappa shape index (κ2) is 6.36. The quantitative estimate of drug-likeness (QED) is 0.767. The number of carbonyl (C=O) groups is 1. The minimum absolute atomic E-state index is 0.263. The number of rotatable bonds is 6. The summed E-state index contributed by atoms with van der Waals surface area (Å²) < 4.78 is 12.4. The second-order valence-electron chi connectivity index (χ2n) is 5.31.